The molecule has 0 radical (unpaired) electrons. The summed E-state index contributed by atoms with van der Waals surface area (Å²) in [5.74, 6) is -0.517. The van der Waals surface area contributed by atoms with Crippen LogP contribution in [-0.4, -0.2) is 46.9 Å². The summed E-state index contributed by atoms with van der Waals surface area (Å²) >= 11 is 0. The maximum atomic E-state index is 13.2. The Morgan fingerprint density at radius 2 is 0.892 bits per heavy atom. The minimum atomic E-state index is -0.801. The van der Waals surface area contributed by atoms with Gasteiger partial charge in [-0.25, -0.2) is 0 Å². The van der Waals surface area contributed by atoms with Gasteiger partial charge in [-0.2, -0.15) is 0 Å². The van der Waals surface area contributed by atoms with E-state index in [0.29, 0.717) is 19.3 Å². The van der Waals surface area contributed by atoms with Crippen molar-refractivity contribution in [1.29, 1.82) is 0 Å². The van der Waals surface area contributed by atoms with Gasteiger partial charge in [0.05, 0.1) is 25.2 Å². The summed E-state index contributed by atoms with van der Waals surface area (Å²) in [5, 5.41) is 23.8. The van der Waals surface area contributed by atoms with E-state index >= 15 is 0 Å². The van der Waals surface area contributed by atoms with Crippen molar-refractivity contribution >= 4 is 11.9 Å². The quantitative estimate of drug-likeness (QED) is 0.0245. The van der Waals surface area contributed by atoms with Crippen LogP contribution in [-0.2, 0) is 14.3 Å². The summed E-state index contributed by atoms with van der Waals surface area (Å²) in [6, 6.07) is -0.717. The average Bonchev–Trinajstić information content (AvgIpc) is 3.30. The minimum absolute atomic E-state index is 0.0520. The highest BCUT2D eigenvalue weighted by atomic mass is 16.5. The molecule has 0 aromatic heterocycles. The van der Waals surface area contributed by atoms with Gasteiger partial charge in [0.25, 0.3) is 0 Å². The molecule has 6 nitrogen and oxygen atoms in total. The topological polar surface area (TPSA) is 95.9 Å². The number of amides is 1. The molecule has 0 aliphatic heterocycles. The van der Waals surface area contributed by atoms with Gasteiger partial charge in [0.15, 0.2) is 0 Å². The Labute approximate surface area is 402 Å². The summed E-state index contributed by atoms with van der Waals surface area (Å²) < 4.78 is 5.93. The van der Waals surface area contributed by atoms with Crippen molar-refractivity contribution in [3.05, 3.63) is 72.9 Å². The Bertz CT molecular complexity index is 1200. The van der Waals surface area contributed by atoms with Crippen molar-refractivity contribution in [3.63, 3.8) is 0 Å². The zero-order chi connectivity index (χ0) is 47.4. The fourth-order valence-electron chi connectivity index (χ4n) is 8.15. The first-order valence-electron chi connectivity index (χ1n) is 27.7. The van der Waals surface area contributed by atoms with Crippen molar-refractivity contribution in [2.45, 2.75) is 283 Å². The van der Waals surface area contributed by atoms with Crippen molar-refractivity contribution in [1.82, 2.24) is 5.32 Å². The lowest BCUT2D eigenvalue weighted by atomic mass is 10.0. The van der Waals surface area contributed by atoms with E-state index < -0.39 is 18.2 Å². The monoisotopic (exact) mass is 908 g/mol. The van der Waals surface area contributed by atoms with Crippen LogP contribution >= 0.6 is 0 Å². The van der Waals surface area contributed by atoms with E-state index in [1.54, 1.807) is 0 Å². The molecule has 0 fully saturated rings. The van der Waals surface area contributed by atoms with Crippen LogP contribution in [0.5, 0.6) is 0 Å². The number of aliphatic hydroxyl groups is 2. The first-order valence-corrected chi connectivity index (χ1v) is 27.7. The highest BCUT2D eigenvalue weighted by molar-refractivity contribution is 5.77. The second kappa shape index (κ2) is 52.3. The van der Waals surface area contributed by atoms with Gasteiger partial charge in [0.2, 0.25) is 5.91 Å². The smallest absolute Gasteiger partial charge is 0.306 e. The van der Waals surface area contributed by atoms with Gasteiger partial charge in [0.1, 0.15) is 6.10 Å². The number of nitrogens with one attached hydrogen (secondary N) is 1. The van der Waals surface area contributed by atoms with E-state index in [-0.39, 0.29) is 24.9 Å². The molecule has 0 aliphatic carbocycles. The molecule has 0 saturated heterocycles. The summed E-state index contributed by atoms with van der Waals surface area (Å²) in [6.45, 7) is 6.36. The number of esters is 1. The highest BCUT2D eigenvalue weighted by Crippen LogP contribution is 2.18. The number of unbranched alkanes of at least 4 members (excludes halogenated alkanes) is 27. The van der Waals surface area contributed by atoms with E-state index in [0.717, 1.165) is 109 Å². The van der Waals surface area contributed by atoms with Crippen molar-refractivity contribution in [3.8, 4) is 0 Å². The van der Waals surface area contributed by atoms with Gasteiger partial charge in [0, 0.05) is 6.42 Å². The molecule has 0 aliphatic rings. The molecule has 376 valence electrons. The molecule has 3 N–H and O–H groups in total. The third-order valence-electron chi connectivity index (χ3n) is 12.3. The molecule has 0 spiro atoms. The van der Waals surface area contributed by atoms with E-state index in [1.807, 2.05) is 0 Å². The Hall–Kier alpha value is -2.70. The molecule has 3 unspecified atom stereocenters. The van der Waals surface area contributed by atoms with Crippen molar-refractivity contribution < 1.29 is 24.5 Å². The first-order chi connectivity index (χ1) is 32.0. The lowest BCUT2D eigenvalue weighted by molar-refractivity contribution is -0.151. The van der Waals surface area contributed by atoms with Crippen LogP contribution < -0.4 is 5.32 Å². The summed E-state index contributed by atoms with van der Waals surface area (Å²) in [7, 11) is 0. The third kappa shape index (κ3) is 47.6. The van der Waals surface area contributed by atoms with E-state index in [9.17, 15) is 19.8 Å². The summed E-state index contributed by atoms with van der Waals surface area (Å²) in [6.07, 6.45) is 66.7. The fourth-order valence-corrected chi connectivity index (χ4v) is 8.15. The van der Waals surface area contributed by atoms with Gasteiger partial charge in [-0.1, -0.05) is 241 Å². The Morgan fingerprint density at radius 3 is 1.38 bits per heavy atom. The van der Waals surface area contributed by atoms with Crippen LogP contribution in [0.25, 0.3) is 0 Å². The van der Waals surface area contributed by atoms with Crippen LogP contribution in [0.3, 0.4) is 0 Å². The van der Waals surface area contributed by atoms with E-state index in [1.165, 1.54) is 109 Å². The number of carbonyl (C=O) groups is 2. The summed E-state index contributed by atoms with van der Waals surface area (Å²) in [5.41, 5.74) is 0. The molecule has 0 aromatic rings. The van der Waals surface area contributed by atoms with Crippen molar-refractivity contribution in [2.75, 3.05) is 6.61 Å². The largest absolute Gasteiger partial charge is 0.462 e. The fraction of sp³-hybridized carbons (Fsp3) is 0.763. The maximum Gasteiger partial charge on any atom is 0.306 e. The van der Waals surface area contributed by atoms with E-state index in [2.05, 4.69) is 99.0 Å². The van der Waals surface area contributed by atoms with Gasteiger partial charge < -0.3 is 20.3 Å². The molecule has 65 heavy (non-hydrogen) atoms. The number of hydrogen-bond donors (Lipinski definition) is 3. The molecule has 3 atom stereocenters. The van der Waals surface area contributed by atoms with E-state index in [4.69, 9.17) is 4.74 Å². The molecular formula is C59H105NO5. The average molecular weight is 908 g/mol. The third-order valence-corrected chi connectivity index (χ3v) is 12.3. The van der Waals surface area contributed by atoms with Crippen LogP contribution in [0.1, 0.15) is 265 Å². The number of aliphatic hydroxyl groups excluding tert-OH is 2. The van der Waals surface area contributed by atoms with Gasteiger partial charge >= 0.3 is 5.97 Å². The standard InChI is InChI=1S/C59H105NO5/c1-4-7-10-13-16-19-22-25-28-29-30-31-34-37-40-43-46-49-52-59(64)65-55(50-47-44-41-38-35-32-26-23-20-17-14-11-8-5-2)53-58(63)60-56(54-61)57(62)51-48-45-42-39-36-33-27-24-21-18-15-12-9-6-3/h8,11,17,20,22,25-26,28-32,55-57,61-62H,4-7,9-10,12-16,18-19,21,23-24,27,33-54H2,1-3H3,(H,60,63)/b11-8+,20-17+,25-22+,29-28+,31-30+,32-26+. The first kappa shape index (κ1) is 62.3. The van der Waals surface area contributed by atoms with Gasteiger partial charge in [-0.3, -0.25) is 9.59 Å². The predicted octanol–water partition coefficient (Wildman–Crippen LogP) is 17.0. The predicted molar refractivity (Wildman–Crippen MR) is 282 cm³/mol. The van der Waals surface area contributed by atoms with Crippen LogP contribution in [0.4, 0.5) is 0 Å². The van der Waals surface area contributed by atoms with Crippen LogP contribution in [0.15, 0.2) is 72.9 Å². The zero-order valence-corrected chi connectivity index (χ0v) is 42.9. The summed E-state index contributed by atoms with van der Waals surface area (Å²) in [4.78, 5) is 26.2. The Balaban J connectivity index is 4.63. The van der Waals surface area contributed by atoms with Crippen LogP contribution in [0.2, 0.25) is 0 Å². The molecule has 0 bridgehead atoms. The maximum absolute atomic E-state index is 13.2. The molecule has 0 rings (SSSR count). The van der Waals surface area contributed by atoms with Crippen LogP contribution in [0, 0.1) is 0 Å². The highest BCUT2D eigenvalue weighted by Gasteiger charge is 2.24. The number of hydrogen-bond acceptors (Lipinski definition) is 5. The van der Waals surface area contributed by atoms with Crippen molar-refractivity contribution in [2.24, 2.45) is 0 Å². The molecule has 6 heteroatoms. The lowest BCUT2D eigenvalue weighted by Gasteiger charge is -2.24. The molecule has 1 amide bonds. The normalized spacial score (nSPS) is 13.7. The second-order valence-electron chi connectivity index (χ2n) is 18.7. The molecular weight excluding hydrogens is 803 g/mol. The van der Waals surface area contributed by atoms with Gasteiger partial charge in [-0.15, -0.1) is 0 Å². The zero-order valence-electron chi connectivity index (χ0n) is 42.9. The second-order valence-corrected chi connectivity index (χ2v) is 18.7. The minimum Gasteiger partial charge on any atom is -0.462 e. The van der Waals surface area contributed by atoms with Gasteiger partial charge in [-0.05, 0) is 83.5 Å². The number of rotatable bonds is 49. The number of carbonyl (C=O) groups excluding carboxylic acids is 2. The SMILES string of the molecule is CC/C=C/C/C=C/C/C=C/CCCCCCC(CC(=O)NC(CO)C(O)CCCCCCCCCCCCCCCC)OC(=O)CCCCCCC/C=C/C=C/C=C/CCCCCCC. The number of ether oxygens (including phenoxy) is 1. The molecule has 0 aromatic carbocycles. The number of allylic oxidation sites excluding steroid dienone is 12. The lowest BCUT2D eigenvalue weighted by Crippen LogP contribution is -2.46. The Morgan fingerprint density at radius 1 is 0.477 bits per heavy atom. The molecule has 0 saturated carbocycles. The molecule has 0 heterocycles. The Kier molecular flexibility index (Phi) is 50.1.